The Hall–Kier alpha value is -3.64. The van der Waals surface area contributed by atoms with E-state index in [9.17, 15) is 45.2 Å². The van der Waals surface area contributed by atoms with Gasteiger partial charge in [0.05, 0.1) is 22.4 Å². The number of anilines is 1. The Morgan fingerprint density at radius 1 is 1.13 bits per heavy atom. The van der Waals surface area contributed by atoms with Crippen LogP contribution in [-0.4, -0.2) is 31.9 Å². The molecule has 0 aromatic heterocycles. The van der Waals surface area contributed by atoms with Crippen LogP contribution in [0.3, 0.4) is 0 Å². The number of ether oxygens (including phenoxy) is 2. The van der Waals surface area contributed by atoms with Crippen LogP contribution in [0.15, 0.2) is 24.3 Å². The summed E-state index contributed by atoms with van der Waals surface area (Å²) in [5.41, 5.74) is 1.75. The third kappa shape index (κ3) is 9.67. The zero-order valence-corrected chi connectivity index (χ0v) is 20.9. The third-order valence-corrected chi connectivity index (χ3v) is 4.22. The molecule has 2 aromatic carbocycles. The van der Waals surface area contributed by atoms with Gasteiger partial charge in [0.15, 0.2) is 11.6 Å². The molecule has 7 nitrogen and oxygen atoms in total. The fraction of sp³-hybridized carbons (Fsp3) is 0.318. The van der Waals surface area contributed by atoms with E-state index in [-0.39, 0.29) is 6.92 Å². The molecule has 1 amide bonds. The first-order chi connectivity index (χ1) is 17.4. The van der Waals surface area contributed by atoms with Crippen molar-refractivity contribution in [2.24, 2.45) is 5.73 Å². The molecule has 0 radical (unpaired) electrons. The highest BCUT2D eigenvalue weighted by atomic mass is 35.5. The van der Waals surface area contributed by atoms with Gasteiger partial charge in [0.2, 0.25) is 5.90 Å². The SMILES string of the molecule is CC.CC(F)(F)F.CN(C(=O)Oc1c(C(F)(F)F)ccc(C#N)c1C(=N)OCN)c1ccc(F)c(Cl)c1F. The van der Waals surface area contributed by atoms with Crippen LogP contribution >= 0.6 is 11.6 Å². The predicted molar refractivity (Wildman–Crippen MR) is 122 cm³/mol. The summed E-state index contributed by atoms with van der Waals surface area (Å²) >= 11 is 5.45. The number of rotatable bonds is 4. The summed E-state index contributed by atoms with van der Waals surface area (Å²) in [7, 11) is 0.928. The van der Waals surface area contributed by atoms with Gasteiger partial charge in [-0.3, -0.25) is 16.0 Å². The average Bonchev–Trinajstić information content (AvgIpc) is 2.81. The third-order valence-electron chi connectivity index (χ3n) is 3.88. The van der Waals surface area contributed by atoms with Crippen molar-refractivity contribution in [2.45, 2.75) is 33.1 Å². The quantitative estimate of drug-likeness (QED) is 0.134. The van der Waals surface area contributed by atoms with E-state index in [4.69, 9.17) is 27.5 Å². The summed E-state index contributed by atoms with van der Waals surface area (Å²) in [4.78, 5) is 12.9. The molecule has 0 spiro atoms. The van der Waals surface area contributed by atoms with E-state index in [0.717, 1.165) is 25.2 Å². The minimum Gasteiger partial charge on any atom is -0.462 e. The minimum atomic E-state index is -5.07. The van der Waals surface area contributed by atoms with Gasteiger partial charge in [0.25, 0.3) is 0 Å². The van der Waals surface area contributed by atoms with Crippen LogP contribution in [0.2, 0.25) is 5.02 Å². The topological polar surface area (TPSA) is 112 Å². The molecule has 0 unspecified atom stereocenters. The number of benzene rings is 2. The second-order valence-corrected chi connectivity index (χ2v) is 6.90. The van der Waals surface area contributed by atoms with Crippen molar-refractivity contribution in [1.29, 1.82) is 10.7 Å². The summed E-state index contributed by atoms with van der Waals surface area (Å²) in [6.45, 7) is 3.57. The summed E-state index contributed by atoms with van der Waals surface area (Å²) in [5.74, 6) is -4.68. The zero-order valence-electron chi connectivity index (χ0n) is 20.1. The van der Waals surface area contributed by atoms with Gasteiger partial charge in [0, 0.05) is 14.0 Å². The van der Waals surface area contributed by atoms with Crippen LogP contribution in [0.4, 0.5) is 45.6 Å². The lowest BCUT2D eigenvalue weighted by Crippen LogP contribution is -2.32. The van der Waals surface area contributed by atoms with E-state index < -0.39 is 75.9 Å². The lowest BCUT2D eigenvalue weighted by atomic mass is 10.0. The standard InChI is InChI=1S/C18H12ClF5N4O3.C2H3F3.C2H6/c1-28(11-5-4-10(20)13(19)14(11)21)17(29)31-15-9(18(22,23)24)3-2-8(6-25)12(15)16(27)30-7-26;1-2(3,4)5;1-2/h2-5,27H,7,26H2,1H3;1H3;1-2H3. The first-order valence-electron chi connectivity index (χ1n) is 10.2. The molecular formula is C22H21ClF8N4O3. The van der Waals surface area contributed by atoms with Crippen LogP contribution in [0.1, 0.15) is 37.5 Å². The molecule has 3 N–H and O–H groups in total. The number of nitrogens with two attached hydrogens (primary N) is 1. The van der Waals surface area contributed by atoms with E-state index >= 15 is 0 Å². The number of amides is 1. The number of nitriles is 1. The van der Waals surface area contributed by atoms with Gasteiger partial charge in [-0.1, -0.05) is 25.4 Å². The molecule has 0 bridgehead atoms. The van der Waals surface area contributed by atoms with Gasteiger partial charge in [0.1, 0.15) is 23.6 Å². The second kappa shape index (κ2) is 14.3. The van der Waals surface area contributed by atoms with Gasteiger partial charge in [-0.15, -0.1) is 0 Å². The number of nitrogens with one attached hydrogen (secondary N) is 1. The summed E-state index contributed by atoms with van der Waals surface area (Å²) in [5, 5.41) is 16.0. The molecule has 0 aliphatic rings. The first-order valence-corrected chi connectivity index (χ1v) is 10.5. The molecule has 2 aromatic rings. The number of hydrogen-bond donors (Lipinski definition) is 2. The lowest BCUT2D eigenvalue weighted by Gasteiger charge is -2.22. The zero-order chi connectivity index (χ0) is 30.0. The Bertz CT molecular complexity index is 1180. The summed E-state index contributed by atoms with van der Waals surface area (Å²) in [6, 6.07) is 4.33. The van der Waals surface area contributed by atoms with Gasteiger partial charge in [-0.05, 0) is 24.3 Å². The van der Waals surface area contributed by atoms with Crippen molar-refractivity contribution in [2.75, 3.05) is 18.7 Å². The molecular weight excluding hydrogens is 556 g/mol. The number of carbonyl (C=O) groups excluding carboxylic acids is 1. The highest BCUT2D eigenvalue weighted by Gasteiger charge is 2.39. The van der Waals surface area contributed by atoms with E-state index in [1.165, 1.54) is 0 Å². The summed E-state index contributed by atoms with van der Waals surface area (Å²) in [6.07, 6.45) is -10.6. The Kier molecular flexibility index (Phi) is 13.0. The Morgan fingerprint density at radius 3 is 2.11 bits per heavy atom. The molecule has 210 valence electrons. The van der Waals surface area contributed by atoms with Crippen molar-refractivity contribution >= 4 is 29.3 Å². The number of nitrogens with zero attached hydrogens (tertiary/aromatic N) is 2. The highest BCUT2D eigenvalue weighted by Crippen LogP contribution is 2.40. The maximum atomic E-state index is 14.2. The maximum Gasteiger partial charge on any atom is 0.420 e. The van der Waals surface area contributed by atoms with E-state index in [1.807, 2.05) is 13.8 Å². The summed E-state index contributed by atoms with van der Waals surface area (Å²) < 4.78 is 109. The molecule has 16 heteroatoms. The molecule has 0 saturated carbocycles. The number of hydrogen-bond acceptors (Lipinski definition) is 6. The predicted octanol–water partition coefficient (Wildman–Crippen LogP) is 7.00. The fourth-order valence-electron chi connectivity index (χ4n) is 2.41. The average molecular weight is 577 g/mol. The Labute approximate surface area is 216 Å². The molecule has 0 saturated heterocycles. The van der Waals surface area contributed by atoms with Crippen LogP contribution in [0.5, 0.6) is 5.75 Å². The van der Waals surface area contributed by atoms with Crippen LogP contribution in [-0.2, 0) is 10.9 Å². The largest absolute Gasteiger partial charge is 0.462 e. The second-order valence-electron chi connectivity index (χ2n) is 6.52. The van der Waals surface area contributed by atoms with Crippen molar-refractivity contribution in [3.63, 3.8) is 0 Å². The Balaban J connectivity index is 0.00000175. The highest BCUT2D eigenvalue weighted by molar-refractivity contribution is 6.31. The van der Waals surface area contributed by atoms with Crippen LogP contribution in [0, 0.1) is 28.4 Å². The smallest absolute Gasteiger partial charge is 0.420 e. The van der Waals surface area contributed by atoms with Crippen molar-refractivity contribution in [3.05, 3.63) is 57.6 Å². The van der Waals surface area contributed by atoms with Crippen molar-refractivity contribution < 1.29 is 49.4 Å². The molecule has 0 aliphatic carbocycles. The van der Waals surface area contributed by atoms with Crippen molar-refractivity contribution in [1.82, 2.24) is 0 Å². The fourth-order valence-corrected chi connectivity index (χ4v) is 2.57. The van der Waals surface area contributed by atoms with Crippen LogP contribution in [0.25, 0.3) is 0 Å². The van der Waals surface area contributed by atoms with E-state index in [1.54, 1.807) is 6.07 Å². The molecule has 2 rings (SSSR count). The monoisotopic (exact) mass is 576 g/mol. The first kappa shape index (κ1) is 34.4. The molecule has 0 fully saturated rings. The van der Waals surface area contributed by atoms with Gasteiger partial charge >= 0.3 is 18.4 Å². The minimum absolute atomic E-state index is 0.188. The van der Waals surface area contributed by atoms with Gasteiger partial charge in [-0.25, -0.2) is 13.6 Å². The van der Waals surface area contributed by atoms with E-state index in [2.05, 4.69) is 4.74 Å². The Morgan fingerprint density at radius 2 is 1.66 bits per heavy atom. The number of carbonyl (C=O) groups is 1. The van der Waals surface area contributed by atoms with E-state index in [0.29, 0.717) is 11.0 Å². The molecule has 0 aliphatic heterocycles. The lowest BCUT2D eigenvalue weighted by molar-refractivity contribution is -0.138. The van der Waals surface area contributed by atoms with Crippen molar-refractivity contribution in [3.8, 4) is 11.8 Å². The number of halogens is 9. The van der Waals surface area contributed by atoms with Gasteiger partial charge in [-0.2, -0.15) is 31.6 Å². The normalized spacial score (nSPS) is 10.7. The number of alkyl halides is 6. The molecule has 38 heavy (non-hydrogen) atoms. The molecule has 0 heterocycles. The van der Waals surface area contributed by atoms with Crippen LogP contribution < -0.4 is 15.4 Å². The maximum absolute atomic E-state index is 14.2. The molecule has 0 atom stereocenters. The van der Waals surface area contributed by atoms with Gasteiger partial charge < -0.3 is 9.47 Å².